The number of rotatable bonds is 3. The van der Waals surface area contributed by atoms with Crippen LogP contribution < -0.4 is 4.90 Å². The zero-order chi connectivity index (χ0) is 16.5. The molecule has 2 atom stereocenters. The molecule has 3 fully saturated rings. The fraction of sp³-hybridized carbons (Fsp3) is 0.722. The Morgan fingerprint density at radius 2 is 1.88 bits per heavy atom. The average molecular weight is 347 g/mol. The zero-order valence-corrected chi connectivity index (χ0v) is 15.2. The summed E-state index contributed by atoms with van der Waals surface area (Å²) in [6, 6.07) is 1.98. The van der Waals surface area contributed by atoms with Crippen molar-refractivity contribution in [1.82, 2.24) is 14.9 Å². The number of nitrogens with zero attached hydrogens (tertiary/aromatic N) is 4. The number of hydrogen-bond donors (Lipinski definition) is 0. The molecule has 1 aromatic heterocycles. The van der Waals surface area contributed by atoms with Crippen molar-refractivity contribution in [3.63, 3.8) is 0 Å². The van der Waals surface area contributed by atoms with E-state index in [-0.39, 0.29) is 5.92 Å². The lowest BCUT2D eigenvalue weighted by Gasteiger charge is -2.34. The standard InChI is InChI=1S/C18H26N4OS/c1-24-18-19-8-5-16(20-18)21-9-6-13(7-10-21)17(23)22-11-14-3-2-4-15(14)12-22/h5,8,13-15H,2-4,6-7,9-12H2,1H3. The maximum absolute atomic E-state index is 12.9. The molecular weight excluding hydrogens is 320 g/mol. The van der Waals surface area contributed by atoms with Gasteiger partial charge in [0.1, 0.15) is 5.82 Å². The molecule has 2 saturated heterocycles. The third-order valence-corrected chi connectivity index (χ3v) is 6.57. The van der Waals surface area contributed by atoms with Gasteiger partial charge in [-0.1, -0.05) is 18.2 Å². The van der Waals surface area contributed by atoms with Crippen LogP contribution in [0.25, 0.3) is 0 Å². The molecule has 0 bridgehead atoms. The minimum atomic E-state index is 0.210. The summed E-state index contributed by atoms with van der Waals surface area (Å²) in [5.74, 6) is 3.20. The van der Waals surface area contributed by atoms with Crippen LogP contribution in [0.15, 0.2) is 17.4 Å². The number of carbonyl (C=O) groups is 1. The molecule has 0 N–H and O–H groups in total. The van der Waals surface area contributed by atoms with Gasteiger partial charge in [0.15, 0.2) is 5.16 Å². The van der Waals surface area contributed by atoms with E-state index >= 15 is 0 Å². The predicted molar refractivity (Wildman–Crippen MR) is 96.2 cm³/mol. The summed E-state index contributed by atoms with van der Waals surface area (Å²) >= 11 is 1.57. The highest BCUT2D eigenvalue weighted by Crippen LogP contribution is 2.38. The first kappa shape index (κ1) is 16.2. The molecule has 24 heavy (non-hydrogen) atoms. The van der Waals surface area contributed by atoms with Crippen molar-refractivity contribution < 1.29 is 4.79 Å². The summed E-state index contributed by atoms with van der Waals surface area (Å²) in [4.78, 5) is 26.1. The van der Waals surface area contributed by atoms with E-state index < -0.39 is 0 Å². The molecule has 1 amide bonds. The van der Waals surface area contributed by atoms with Gasteiger partial charge in [-0.05, 0) is 49.8 Å². The highest BCUT2D eigenvalue weighted by molar-refractivity contribution is 7.98. The van der Waals surface area contributed by atoms with Crippen LogP contribution in [0, 0.1) is 17.8 Å². The van der Waals surface area contributed by atoms with Gasteiger partial charge in [-0.15, -0.1) is 0 Å². The number of piperidine rings is 1. The lowest BCUT2D eigenvalue weighted by atomic mass is 9.95. The molecule has 2 unspecified atom stereocenters. The lowest BCUT2D eigenvalue weighted by molar-refractivity contribution is -0.135. The van der Waals surface area contributed by atoms with Gasteiger partial charge in [0.25, 0.3) is 0 Å². The van der Waals surface area contributed by atoms with Crippen LogP contribution in [-0.4, -0.2) is 53.2 Å². The third kappa shape index (κ3) is 3.13. The minimum Gasteiger partial charge on any atom is -0.356 e. The van der Waals surface area contributed by atoms with Crippen molar-refractivity contribution in [1.29, 1.82) is 0 Å². The van der Waals surface area contributed by atoms with Crippen LogP contribution in [0.2, 0.25) is 0 Å². The molecular formula is C18H26N4OS. The Hall–Kier alpha value is -1.30. The molecule has 3 heterocycles. The molecule has 4 rings (SSSR count). The monoisotopic (exact) mass is 346 g/mol. The Morgan fingerprint density at radius 3 is 2.54 bits per heavy atom. The van der Waals surface area contributed by atoms with E-state index in [4.69, 9.17) is 0 Å². The Morgan fingerprint density at radius 1 is 1.17 bits per heavy atom. The number of likely N-dealkylation sites (tertiary alicyclic amines) is 1. The van der Waals surface area contributed by atoms with Crippen LogP contribution in [0.4, 0.5) is 5.82 Å². The highest BCUT2D eigenvalue weighted by atomic mass is 32.2. The van der Waals surface area contributed by atoms with Gasteiger partial charge in [-0.25, -0.2) is 9.97 Å². The largest absolute Gasteiger partial charge is 0.356 e. The highest BCUT2D eigenvalue weighted by Gasteiger charge is 2.40. The molecule has 0 spiro atoms. The van der Waals surface area contributed by atoms with E-state index in [0.717, 1.165) is 61.8 Å². The van der Waals surface area contributed by atoms with Crippen molar-refractivity contribution in [3.05, 3.63) is 12.3 Å². The quantitative estimate of drug-likeness (QED) is 0.622. The van der Waals surface area contributed by atoms with E-state index in [0.29, 0.717) is 5.91 Å². The van der Waals surface area contributed by atoms with E-state index in [1.54, 1.807) is 11.8 Å². The molecule has 1 saturated carbocycles. The predicted octanol–water partition coefficient (Wildman–Crippen LogP) is 2.67. The molecule has 3 aliphatic rings. The Balaban J connectivity index is 1.33. The van der Waals surface area contributed by atoms with Crippen LogP contribution in [0.1, 0.15) is 32.1 Å². The fourth-order valence-electron chi connectivity index (χ4n) is 4.64. The molecule has 5 nitrogen and oxygen atoms in total. The molecule has 1 aromatic rings. The van der Waals surface area contributed by atoms with Crippen LogP contribution in [0.5, 0.6) is 0 Å². The molecule has 130 valence electrons. The summed E-state index contributed by atoms with van der Waals surface area (Å²) in [6.45, 7) is 3.88. The summed E-state index contributed by atoms with van der Waals surface area (Å²) < 4.78 is 0. The lowest BCUT2D eigenvalue weighted by Crippen LogP contribution is -2.42. The van der Waals surface area contributed by atoms with Crippen molar-refractivity contribution in [3.8, 4) is 0 Å². The topological polar surface area (TPSA) is 49.3 Å². The Labute approximate surface area is 148 Å². The SMILES string of the molecule is CSc1nccc(N2CCC(C(=O)N3CC4CCCC4C3)CC2)n1. The Bertz CT molecular complexity index is 590. The first-order chi connectivity index (χ1) is 11.7. The number of carbonyl (C=O) groups excluding carboxylic acids is 1. The van der Waals surface area contributed by atoms with E-state index in [1.807, 2.05) is 18.5 Å². The first-order valence-electron chi connectivity index (χ1n) is 9.15. The number of fused-ring (bicyclic) bond motifs is 1. The van der Waals surface area contributed by atoms with Crippen molar-refractivity contribution in [2.24, 2.45) is 17.8 Å². The normalized spacial score (nSPS) is 27.5. The van der Waals surface area contributed by atoms with E-state index in [1.165, 1.54) is 19.3 Å². The minimum absolute atomic E-state index is 0.210. The molecule has 2 aliphatic heterocycles. The number of hydrogen-bond acceptors (Lipinski definition) is 5. The van der Waals surface area contributed by atoms with Crippen LogP contribution in [0.3, 0.4) is 0 Å². The van der Waals surface area contributed by atoms with Gasteiger partial charge in [0.2, 0.25) is 5.91 Å². The van der Waals surface area contributed by atoms with Gasteiger partial charge in [-0.3, -0.25) is 4.79 Å². The number of anilines is 1. The smallest absolute Gasteiger partial charge is 0.225 e. The molecule has 0 aromatic carbocycles. The zero-order valence-electron chi connectivity index (χ0n) is 14.4. The van der Waals surface area contributed by atoms with Gasteiger partial charge in [-0.2, -0.15) is 0 Å². The van der Waals surface area contributed by atoms with Crippen molar-refractivity contribution in [2.45, 2.75) is 37.3 Å². The van der Waals surface area contributed by atoms with Crippen molar-refractivity contribution in [2.75, 3.05) is 37.3 Å². The second kappa shape index (κ2) is 6.90. The van der Waals surface area contributed by atoms with E-state index in [2.05, 4.69) is 19.8 Å². The van der Waals surface area contributed by atoms with Gasteiger partial charge < -0.3 is 9.80 Å². The van der Waals surface area contributed by atoms with Crippen LogP contribution in [-0.2, 0) is 4.79 Å². The second-order valence-electron chi connectivity index (χ2n) is 7.36. The molecule has 0 radical (unpaired) electrons. The summed E-state index contributed by atoms with van der Waals surface area (Å²) in [7, 11) is 0. The van der Waals surface area contributed by atoms with Crippen LogP contribution >= 0.6 is 11.8 Å². The number of thioether (sulfide) groups is 1. The number of amides is 1. The van der Waals surface area contributed by atoms with Gasteiger partial charge in [0.05, 0.1) is 0 Å². The first-order valence-corrected chi connectivity index (χ1v) is 10.4. The second-order valence-corrected chi connectivity index (χ2v) is 8.13. The van der Waals surface area contributed by atoms with E-state index in [9.17, 15) is 4.79 Å². The summed E-state index contributed by atoms with van der Waals surface area (Å²) in [6.07, 6.45) is 9.75. The Kier molecular flexibility index (Phi) is 4.66. The maximum Gasteiger partial charge on any atom is 0.225 e. The summed E-state index contributed by atoms with van der Waals surface area (Å²) in [5, 5.41) is 0.814. The molecule has 1 aliphatic carbocycles. The van der Waals surface area contributed by atoms with Gasteiger partial charge >= 0.3 is 0 Å². The van der Waals surface area contributed by atoms with Crippen molar-refractivity contribution >= 4 is 23.5 Å². The van der Waals surface area contributed by atoms with Gasteiger partial charge in [0, 0.05) is 38.3 Å². The third-order valence-electron chi connectivity index (χ3n) is 6.01. The number of aromatic nitrogens is 2. The summed E-state index contributed by atoms with van der Waals surface area (Å²) in [5.41, 5.74) is 0. The average Bonchev–Trinajstić information content (AvgIpc) is 3.23. The maximum atomic E-state index is 12.9. The fourth-order valence-corrected chi connectivity index (χ4v) is 4.99. The molecule has 6 heteroatoms.